The van der Waals surface area contributed by atoms with Crippen molar-refractivity contribution in [3.8, 4) is 5.75 Å². The number of amides is 1. The van der Waals surface area contributed by atoms with Gasteiger partial charge in [-0.25, -0.2) is 4.99 Å². The number of para-hydroxylation sites is 1. The number of nitro groups is 1. The first-order valence-corrected chi connectivity index (χ1v) is 12.4. The van der Waals surface area contributed by atoms with Gasteiger partial charge in [0.05, 0.1) is 33.9 Å². The van der Waals surface area contributed by atoms with Gasteiger partial charge in [0.15, 0.2) is 4.80 Å². The number of benzene rings is 3. The Bertz CT molecular complexity index is 1760. The van der Waals surface area contributed by atoms with Crippen LogP contribution < -0.4 is 24.9 Å². The number of ether oxygens (including phenoxy) is 1. The molecule has 0 unspecified atom stereocenters. The Balaban J connectivity index is 1.66. The maximum Gasteiger partial charge on any atom is 0.271 e. The van der Waals surface area contributed by atoms with Gasteiger partial charge in [0.25, 0.3) is 17.2 Å². The molecular formula is C28H22N4O5S. The zero-order valence-electron chi connectivity index (χ0n) is 20.5. The van der Waals surface area contributed by atoms with E-state index in [1.54, 1.807) is 56.5 Å². The molecule has 10 heteroatoms. The van der Waals surface area contributed by atoms with Crippen molar-refractivity contribution in [3.63, 3.8) is 0 Å². The number of hydrogen-bond donors (Lipinski definition) is 1. The molecule has 1 atom stereocenters. The number of nitro benzene ring substituents is 1. The molecule has 3 aromatic carbocycles. The second-order valence-electron chi connectivity index (χ2n) is 8.53. The number of thiazole rings is 1. The van der Waals surface area contributed by atoms with E-state index < -0.39 is 11.0 Å². The Kier molecular flexibility index (Phi) is 6.71. The lowest BCUT2D eigenvalue weighted by Gasteiger charge is -2.25. The molecule has 0 spiro atoms. The fourth-order valence-corrected chi connectivity index (χ4v) is 5.35. The Morgan fingerprint density at radius 1 is 1.11 bits per heavy atom. The third-order valence-corrected chi connectivity index (χ3v) is 7.09. The molecule has 190 valence electrons. The van der Waals surface area contributed by atoms with E-state index in [-0.39, 0.29) is 17.2 Å². The number of carbonyl (C=O) groups excluding carboxylic acids is 1. The number of hydrogen-bond acceptors (Lipinski definition) is 7. The Morgan fingerprint density at radius 3 is 2.53 bits per heavy atom. The minimum absolute atomic E-state index is 0.0358. The number of anilines is 1. The third-order valence-electron chi connectivity index (χ3n) is 6.11. The first kappa shape index (κ1) is 24.8. The maximum atomic E-state index is 13.8. The Hall–Kier alpha value is -4.83. The smallest absolute Gasteiger partial charge is 0.271 e. The Labute approximate surface area is 220 Å². The molecule has 38 heavy (non-hydrogen) atoms. The Morgan fingerprint density at radius 2 is 1.84 bits per heavy atom. The SMILES string of the molecule is COc1cccc([C@H]2C(C(=O)Nc3ccccc3)=C(C)N=c3s/c(=C\c4ccc([N+](=O)[O-])cc4)c(=O)n32)c1. The number of methoxy groups -OCH3 is 1. The van der Waals surface area contributed by atoms with Gasteiger partial charge in [0.1, 0.15) is 5.75 Å². The molecular weight excluding hydrogens is 504 g/mol. The monoisotopic (exact) mass is 526 g/mol. The van der Waals surface area contributed by atoms with E-state index in [1.807, 2.05) is 30.3 Å². The number of nitrogens with one attached hydrogen (secondary N) is 1. The van der Waals surface area contributed by atoms with Gasteiger partial charge in [0.2, 0.25) is 0 Å². The molecule has 0 saturated heterocycles. The van der Waals surface area contributed by atoms with Gasteiger partial charge >= 0.3 is 0 Å². The normalized spacial score (nSPS) is 15.0. The molecule has 0 bridgehead atoms. The third kappa shape index (κ3) is 4.76. The van der Waals surface area contributed by atoms with Gasteiger partial charge in [-0.15, -0.1) is 0 Å². The zero-order valence-corrected chi connectivity index (χ0v) is 21.3. The first-order chi connectivity index (χ1) is 18.4. The molecule has 0 aliphatic carbocycles. The molecule has 1 aromatic heterocycles. The summed E-state index contributed by atoms with van der Waals surface area (Å²) in [6.45, 7) is 1.75. The highest BCUT2D eigenvalue weighted by Crippen LogP contribution is 2.32. The number of non-ortho nitro benzene ring substituents is 1. The van der Waals surface area contributed by atoms with Crippen molar-refractivity contribution < 1.29 is 14.5 Å². The van der Waals surface area contributed by atoms with Crippen LogP contribution in [0.15, 0.2) is 99.9 Å². The standard InChI is InChI=1S/C28H22N4O5S/c1-17-24(26(33)30-20-8-4-3-5-9-20)25(19-7-6-10-22(16-19)37-2)31-27(34)23(38-28(31)29-17)15-18-11-13-21(14-12-18)32(35)36/h3-16,25H,1-2H3,(H,30,33)/b23-15-/t25-/m0/s1. The molecule has 4 aromatic rings. The van der Waals surface area contributed by atoms with Crippen molar-refractivity contribution >= 4 is 34.7 Å². The van der Waals surface area contributed by atoms with E-state index in [2.05, 4.69) is 10.3 Å². The number of nitrogens with zero attached hydrogens (tertiary/aromatic N) is 3. The molecule has 1 N–H and O–H groups in total. The van der Waals surface area contributed by atoms with Crippen LogP contribution in [-0.2, 0) is 4.79 Å². The number of rotatable bonds is 6. The second-order valence-corrected chi connectivity index (χ2v) is 9.54. The van der Waals surface area contributed by atoms with Crippen molar-refractivity contribution in [2.75, 3.05) is 12.4 Å². The quantitative estimate of drug-likeness (QED) is 0.303. The summed E-state index contributed by atoms with van der Waals surface area (Å²) in [5, 5.41) is 13.9. The summed E-state index contributed by atoms with van der Waals surface area (Å²) in [6.07, 6.45) is 1.67. The summed E-state index contributed by atoms with van der Waals surface area (Å²) in [6, 6.07) is 21.5. The molecule has 2 heterocycles. The second kappa shape index (κ2) is 10.3. The van der Waals surface area contributed by atoms with Gasteiger partial charge in [-0.05, 0) is 60.5 Å². The molecule has 1 aliphatic heterocycles. The van der Waals surface area contributed by atoms with E-state index in [9.17, 15) is 19.7 Å². The van der Waals surface area contributed by atoms with E-state index in [1.165, 1.54) is 28.0 Å². The van der Waals surface area contributed by atoms with Crippen LogP contribution in [0, 0.1) is 10.1 Å². The predicted octanol–water partition coefficient (Wildman–Crippen LogP) is 3.79. The molecule has 0 saturated carbocycles. The summed E-state index contributed by atoms with van der Waals surface area (Å²) in [5.74, 6) is 0.225. The van der Waals surface area contributed by atoms with Gasteiger partial charge in [-0.2, -0.15) is 0 Å². The van der Waals surface area contributed by atoms with Crippen LogP contribution in [0.5, 0.6) is 5.75 Å². The maximum absolute atomic E-state index is 13.8. The van der Waals surface area contributed by atoms with E-state index >= 15 is 0 Å². The van der Waals surface area contributed by atoms with Crippen LogP contribution in [-0.4, -0.2) is 22.5 Å². The molecule has 1 aliphatic rings. The molecule has 0 fully saturated rings. The fourth-order valence-electron chi connectivity index (χ4n) is 4.30. The summed E-state index contributed by atoms with van der Waals surface area (Å²) in [5.41, 5.74) is 2.43. The first-order valence-electron chi connectivity index (χ1n) is 11.6. The number of fused-ring (bicyclic) bond motifs is 1. The lowest BCUT2D eigenvalue weighted by Crippen LogP contribution is -2.40. The molecule has 1 amide bonds. The van der Waals surface area contributed by atoms with Gasteiger partial charge in [0, 0.05) is 17.8 Å². The molecule has 9 nitrogen and oxygen atoms in total. The number of carbonyl (C=O) groups is 1. The zero-order chi connectivity index (χ0) is 26.8. The molecule has 0 radical (unpaired) electrons. The number of aromatic nitrogens is 1. The van der Waals surface area contributed by atoms with Crippen LogP contribution >= 0.6 is 11.3 Å². The average Bonchev–Trinajstić information content (AvgIpc) is 3.22. The topological polar surface area (TPSA) is 116 Å². The lowest BCUT2D eigenvalue weighted by atomic mass is 9.95. The summed E-state index contributed by atoms with van der Waals surface area (Å²) in [4.78, 5) is 42.9. The van der Waals surface area contributed by atoms with E-state index in [0.717, 1.165) is 0 Å². The minimum atomic E-state index is -0.746. The van der Waals surface area contributed by atoms with Gasteiger partial charge in [-0.1, -0.05) is 41.7 Å². The highest BCUT2D eigenvalue weighted by molar-refractivity contribution is 7.07. The van der Waals surface area contributed by atoms with Crippen LogP contribution in [0.25, 0.3) is 6.08 Å². The predicted molar refractivity (Wildman–Crippen MR) is 145 cm³/mol. The van der Waals surface area contributed by atoms with Crippen LogP contribution in [0.1, 0.15) is 24.1 Å². The molecule has 5 rings (SSSR count). The highest BCUT2D eigenvalue weighted by atomic mass is 32.1. The summed E-state index contributed by atoms with van der Waals surface area (Å²) < 4.78 is 7.32. The van der Waals surface area contributed by atoms with E-state index in [4.69, 9.17) is 4.74 Å². The highest BCUT2D eigenvalue weighted by Gasteiger charge is 2.32. The van der Waals surface area contributed by atoms with Crippen molar-refractivity contribution in [3.05, 3.63) is 131 Å². The number of allylic oxidation sites excluding steroid dienone is 1. The van der Waals surface area contributed by atoms with Crippen LogP contribution in [0.3, 0.4) is 0 Å². The van der Waals surface area contributed by atoms with Crippen LogP contribution in [0.4, 0.5) is 11.4 Å². The van der Waals surface area contributed by atoms with Gasteiger partial charge < -0.3 is 10.1 Å². The largest absolute Gasteiger partial charge is 0.497 e. The summed E-state index contributed by atoms with van der Waals surface area (Å²) >= 11 is 1.19. The lowest BCUT2D eigenvalue weighted by molar-refractivity contribution is -0.384. The minimum Gasteiger partial charge on any atom is -0.497 e. The van der Waals surface area contributed by atoms with Crippen molar-refractivity contribution in [1.29, 1.82) is 0 Å². The van der Waals surface area contributed by atoms with Crippen LogP contribution in [0.2, 0.25) is 0 Å². The summed E-state index contributed by atoms with van der Waals surface area (Å²) in [7, 11) is 1.55. The van der Waals surface area contributed by atoms with Crippen molar-refractivity contribution in [2.45, 2.75) is 13.0 Å². The van der Waals surface area contributed by atoms with Crippen molar-refractivity contribution in [1.82, 2.24) is 4.57 Å². The van der Waals surface area contributed by atoms with Crippen molar-refractivity contribution in [2.24, 2.45) is 4.99 Å². The van der Waals surface area contributed by atoms with Gasteiger partial charge in [-0.3, -0.25) is 24.3 Å². The van der Waals surface area contributed by atoms with E-state index in [0.29, 0.717) is 43.2 Å². The fraction of sp³-hybridized carbons (Fsp3) is 0.107. The average molecular weight is 527 g/mol.